The second-order valence-electron chi connectivity index (χ2n) is 12.1. The quantitative estimate of drug-likeness (QED) is 0.319. The van der Waals surface area contributed by atoms with Crippen molar-refractivity contribution in [3.8, 4) is 0 Å². The maximum Gasteiger partial charge on any atom is 0.411 e. The van der Waals surface area contributed by atoms with Gasteiger partial charge in [0.1, 0.15) is 18.4 Å². The summed E-state index contributed by atoms with van der Waals surface area (Å²) in [7, 11) is 0. The number of aliphatic hydroxyl groups excluding tert-OH is 1. The van der Waals surface area contributed by atoms with Crippen LogP contribution in [-0.2, 0) is 25.5 Å². The Morgan fingerprint density at radius 1 is 1.29 bits per heavy atom. The van der Waals surface area contributed by atoms with Gasteiger partial charge >= 0.3 is 12.1 Å². The lowest BCUT2D eigenvalue weighted by Gasteiger charge is -2.30. The summed E-state index contributed by atoms with van der Waals surface area (Å²) in [5, 5.41) is 15.9. The first-order valence-corrected chi connectivity index (χ1v) is 16.0. The van der Waals surface area contributed by atoms with E-state index in [1.165, 1.54) is 23.4 Å². The number of allylic oxidation sites excluding steroid dienone is 2. The number of amides is 3. The number of oxazole rings is 1. The SMILES string of the molecule is C=C1Cc2nc(co2)C(=O)N2CCC[C@@H]2C(=O)O[C@H]([C@H](C)COC(=O)Nc2cccnc2)[C@H](C)/C=C/C(=O)NC/C=C/C(C)=C/[C@@H](O)C1. The number of rotatable bonds is 4. The van der Waals surface area contributed by atoms with E-state index in [-0.39, 0.29) is 43.5 Å². The van der Waals surface area contributed by atoms with E-state index in [0.29, 0.717) is 30.6 Å². The number of nitrogens with one attached hydrogen (secondary N) is 2. The molecule has 2 aliphatic rings. The summed E-state index contributed by atoms with van der Waals surface area (Å²) >= 11 is 0. The monoisotopic (exact) mass is 661 g/mol. The van der Waals surface area contributed by atoms with Crippen molar-refractivity contribution in [3.63, 3.8) is 0 Å². The zero-order chi connectivity index (χ0) is 34.6. The van der Waals surface area contributed by atoms with E-state index >= 15 is 0 Å². The number of aliphatic hydroxyl groups is 1. The Hall–Kier alpha value is -5.04. The van der Waals surface area contributed by atoms with Crippen LogP contribution in [0.3, 0.4) is 0 Å². The molecule has 2 aromatic heterocycles. The molecule has 4 heterocycles. The average molecular weight is 662 g/mol. The molecule has 0 aromatic carbocycles. The first-order valence-electron chi connectivity index (χ1n) is 16.0. The van der Waals surface area contributed by atoms with Crippen molar-refractivity contribution in [1.29, 1.82) is 0 Å². The molecule has 4 rings (SSSR count). The fourth-order valence-electron chi connectivity index (χ4n) is 5.55. The normalized spacial score (nSPS) is 26.2. The number of fused-ring (bicyclic) bond motifs is 3. The number of anilines is 1. The molecule has 13 nitrogen and oxygen atoms in total. The van der Waals surface area contributed by atoms with E-state index < -0.39 is 48.1 Å². The lowest BCUT2D eigenvalue weighted by molar-refractivity contribution is -0.159. The molecule has 0 unspecified atom stereocenters. The molecule has 0 saturated carbocycles. The third-order valence-corrected chi connectivity index (χ3v) is 7.95. The molecule has 1 saturated heterocycles. The number of carbonyl (C=O) groups is 4. The molecule has 13 heteroatoms. The summed E-state index contributed by atoms with van der Waals surface area (Å²) in [4.78, 5) is 61.9. The van der Waals surface area contributed by atoms with Crippen LogP contribution in [0.5, 0.6) is 0 Å². The van der Waals surface area contributed by atoms with Crippen LogP contribution >= 0.6 is 0 Å². The Labute approximate surface area is 279 Å². The molecule has 0 radical (unpaired) electrons. The highest BCUT2D eigenvalue weighted by Gasteiger charge is 2.39. The molecule has 48 heavy (non-hydrogen) atoms. The van der Waals surface area contributed by atoms with Crippen LogP contribution in [0.2, 0.25) is 0 Å². The van der Waals surface area contributed by atoms with E-state index in [2.05, 4.69) is 27.2 Å². The highest BCUT2D eigenvalue weighted by Crippen LogP contribution is 2.26. The summed E-state index contributed by atoms with van der Waals surface area (Å²) < 4.78 is 17.0. The summed E-state index contributed by atoms with van der Waals surface area (Å²) in [6, 6.07) is 2.47. The smallest absolute Gasteiger partial charge is 0.411 e. The van der Waals surface area contributed by atoms with Gasteiger partial charge in [-0.05, 0) is 44.4 Å². The van der Waals surface area contributed by atoms with Gasteiger partial charge in [-0.2, -0.15) is 0 Å². The van der Waals surface area contributed by atoms with Gasteiger partial charge in [0, 0.05) is 37.5 Å². The highest BCUT2D eigenvalue weighted by molar-refractivity contribution is 5.95. The summed E-state index contributed by atoms with van der Waals surface area (Å²) in [5.41, 5.74) is 1.97. The van der Waals surface area contributed by atoms with Gasteiger partial charge in [0.2, 0.25) is 5.91 Å². The van der Waals surface area contributed by atoms with Crippen LogP contribution in [0.4, 0.5) is 10.5 Å². The Morgan fingerprint density at radius 3 is 2.88 bits per heavy atom. The lowest BCUT2D eigenvalue weighted by atomic mass is 9.93. The van der Waals surface area contributed by atoms with E-state index in [0.717, 1.165) is 5.57 Å². The van der Waals surface area contributed by atoms with Crippen molar-refractivity contribution >= 4 is 29.6 Å². The number of hydrogen-bond donors (Lipinski definition) is 3. The second kappa shape index (κ2) is 17.2. The van der Waals surface area contributed by atoms with Crippen LogP contribution in [0, 0.1) is 11.8 Å². The van der Waals surface area contributed by atoms with Crippen LogP contribution in [0.25, 0.3) is 0 Å². The maximum atomic E-state index is 13.7. The van der Waals surface area contributed by atoms with Gasteiger partial charge in [0.15, 0.2) is 11.6 Å². The average Bonchev–Trinajstić information content (AvgIpc) is 3.73. The summed E-state index contributed by atoms with van der Waals surface area (Å²) in [5.74, 6) is -2.13. The largest absolute Gasteiger partial charge is 0.460 e. The number of cyclic esters (lactones) is 1. The molecule has 2 bridgehead atoms. The molecule has 2 aromatic rings. The topological polar surface area (TPSA) is 173 Å². The third kappa shape index (κ3) is 10.5. The predicted molar refractivity (Wildman–Crippen MR) is 176 cm³/mol. The zero-order valence-electron chi connectivity index (χ0n) is 27.5. The number of aromatic nitrogens is 2. The van der Waals surface area contributed by atoms with Crippen LogP contribution in [0.1, 0.15) is 56.4 Å². The molecule has 3 amide bonds. The maximum absolute atomic E-state index is 13.7. The standard InChI is InChI=1S/C35H43N5O8/c1-22-8-5-14-37-30(42)12-11-24(3)32(25(4)20-47-35(45)38-26-9-6-13-36-19-26)48-34(44)29-10-7-15-40(29)33(43)28-21-46-31(39-28)18-23(2)17-27(41)16-22/h5-6,8-9,11-13,16,19,21,24-25,27,29,32,41H,2,7,10,14-15,17-18,20H2,1,3-4H3,(H,37,42)(H,38,45)/b8-5+,12-11+,22-16+/t24-,25-,27-,29-,32+/m1/s1. The Morgan fingerprint density at radius 2 is 2.10 bits per heavy atom. The first-order chi connectivity index (χ1) is 23.0. The number of hydrogen-bond acceptors (Lipinski definition) is 10. The fraction of sp³-hybridized carbons (Fsp3) is 0.429. The van der Waals surface area contributed by atoms with E-state index in [9.17, 15) is 24.3 Å². The molecule has 2 aliphatic heterocycles. The third-order valence-electron chi connectivity index (χ3n) is 7.95. The van der Waals surface area contributed by atoms with Gasteiger partial charge < -0.3 is 29.2 Å². The molecule has 5 atom stereocenters. The van der Waals surface area contributed by atoms with Crippen molar-refractivity contribution in [2.75, 3.05) is 25.0 Å². The summed E-state index contributed by atoms with van der Waals surface area (Å²) in [6.07, 6.45) is 11.7. The Kier molecular flexibility index (Phi) is 12.8. The molecular formula is C35H43N5O8. The molecule has 3 N–H and O–H groups in total. The first kappa shape index (κ1) is 35.8. The van der Waals surface area contributed by atoms with E-state index in [1.807, 2.05) is 6.92 Å². The predicted octanol–water partition coefficient (Wildman–Crippen LogP) is 4.15. The number of ether oxygens (including phenoxy) is 2. The molecule has 256 valence electrons. The van der Waals surface area contributed by atoms with Crippen molar-refractivity contribution < 1.29 is 38.2 Å². The van der Waals surface area contributed by atoms with Crippen molar-refractivity contribution in [2.24, 2.45) is 11.8 Å². The minimum atomic E-state index is -0.866. The molecule has 0 aliphatic carbocycles. The van der Waals surface area contributed by atoms with Gasteiger partial charge in [0.25, 0.3) is 5.91 Å². The number of nitrogens with zero attached hydrogens (tertiary/aromatic N) is 3. The molecular weight excluding hydrogens is 618 g/mol. The molecule has 1 fully saturated rings. The van der Waals surface area contributed by atoms with Gasteiger partial charge in [-0.25, -0.2) is 14.6 Å². The number of esters is 1. The highest BCUT2D eigenvalue weighted by atomic mass is 16.6. The number of carbonyl (C=O) groups excluding carboxylic acids is 4. The fourth-order valence-corrected chi connectivity index (χ4v) is 5.55. The van der Waals surface area contributed by atoms with Crippen LogP contribution in [-0.4, -0.2) is 81.8 Å². The number of pyridine rings is 1. The van der Waals surface area contributed by atoms with Crippen molar-refractivity contribution in [2.45, 2.75) is 64.7 Å². The lowest BCUT2D eigenvalue weighted by Crippen LogP contribution is -2.44. The van der Waals surface area contributed by atoms with Crippen molar-refractivity contribution in [1.82, 2.24) is 20.2 Å². The molecule has 0 spiro atoms. The minimum absolute atomic E-state index is 0.0533. The van der Waals surface area contributed by atoms with Crippen molar-refractivity contribution in [3.05, 3.63) is 90.5 Å². The van der Waals surface area contributed by atoms with Gasteiger partial charge in [-0.1, -0.05) is 55.9 Å². The van der Waals surface area contributed by atoms with Gasteiger partial charge in [-0.15, -0.1) is 0 Å². The van der Waals surface area contributed by atoms with Gasteiger partial charge in [-0.3, -0.25) is 19.9 Å². The zero-order valence-corrected chi connectivity index (χ0v) is 27.5. The second-order valence-corrected chi connectivity index (χ2v) is 12.1. The summed E-state index contributed by atoms with van der Waals surface area (Å²) in [6.45, 7) is 9.88. The van der Waals surface area contributed by atoms with Gasteiger partial charge in [0.05, 0.1) is 24.6 Å². The van der Waals surface area contributed by atoms with Crippen LogP contribution in [0.15, 0.2) is 83.3 Å². The Balaban J connectivity index is 1.54. The van der Waals surface area contributed by atoms with Crippen LogP contribution < -0.4 is 10.6 Å². The van der Waals surface area contributed by atoms with E-state index in [1.54, 1.807) is 56.5 Å². The Bertz CT molecular complexity index is 1550. The van der Waals surface area contributed by atoms with E-state index in [4.69, 9.17) is 13.9 Å². The minimum Gasteiger partial charge on any atom is -0.460 e.